The Morgan fingerprint density at radius 2 is 1.80 bits per heavy atom. The second-order valence-corrected chi connectivity index (χ2v) is 4.62. The normalized spacial score (nSPS) is 15.5. The van der Waals surface area contributed by atoms with Gasteiger partial charge in [-0.1, -0.05) is 34.6 Å². The Balaban J connectivity index is 4.57. The SMILES string of the molecule is CCC(OCC(C)C)(OC(C)=O)C(C)C. The largest absolute Gasteiger partial charge is 0.433 e. The number of ether oxygens (including phenoxy) is 2. The molecule has 15 heavy (non-hydrogen) atoms. The molecule has 1 unspecified atom stereocenters. The van der Waals surface area contributed by atoms with Crippen molar-refractivity contribution in [3.05, 3.63) is 0 Å². The summed E-state index contributed by atoms with van der Waals surface area (Å²) in [6.45, 7) is 12.2. The lowest BCUT2D eigenvalue weighted by atomic mass is 9.99. The van der Waals surface area contributed by atoms with Crippen molar-refractivity contribution in [3.63, 3.8) is 0 Å². The van der Waals surface area contributed by atoms with E-state index in [2.05, 4.69) is 13.8 Å². The summed E-state index contributed by atoms with van der Waals surface area (Å²) in [6.07, 6.45) is 0.678. The molecule has 0 spiro atoms. The van der Waals surface area contributed by atoms with Crippen molar-refractivity contribution >= 4 is 5.97 Å². The molecule has 0 aliphatic carbocycles. The average molecular weight is 216 g/mol. The highest BCUT2D eigenvalue weighted by Crippen LogP contribution is 2.28. The smallest absolute Gasteiger partial charge is 0.305 e. The van der Waals surface area contributed by atoms with Crippen LogP contribution in [0.3, 0.4) is 0 Å². The van der Waals surface area contributed by atoms with Gasteiger partial charge in [-0.3, -0.25) is 4.79 Å². The molecule has 0 aromatic carbocycles. The van der Waals surface area contributed by atoms with Gasteiger partial charge in [0.05, 0.1) is 6.61 Å². The van der Waals surface area contributed by atoms with E-state index in [9.17, 15) is 4.79 Å². The molecule has 0 aromatic rings. The number of hydrogen-bond acceptors (Lipinski definition) is 3. The van der Waals surface area contributed by atoms with Crippen LogP contribution in [-0.2, 0) is 14.3 Å². The molecular formula is C12H24O3. The van der Waals surface area contributed by atoms with Crippen molar-refractivity contribution in [3.8, 4) is 0 Å². The first kappa shape index (κ1) is 14.4. The number of esters is 1. The minimum Gasteiger partial charge on any atom is -0.433 e. The molecule has 0 aliphatic rings. The van der Waals surface area contributed by atoms with Crippen molar-refractivity contribution in [2.24, 2.45) is 11.8 Å². The van der Waals surface area contributed by atoms with Gasteiger partial charge in [-0.05, 0) is 5.92 Å². The van der Waals surface area contributed by atoms with Gasteiger partial charge >= 0.3 is 5.97 Å². The van der Waals surface area contributed by atoms with E-state index in [1.54, 1.807) is 0 Å². The van der Waals surface area contributed by atoms with Crippen LogP contribution in [0.4, 0.5) is 0 Å². The topological polar surface area (TPSA) is 35.5 Å². The lowest BCUT2D eigenvalue weighted by Crippen LogP contribution is -2.43. The fraction of sp³-hybridized carbons (Fsp3) is 0.917. The zero-order valence-electron chi connectivity index (χ0n) is 10.8. The first-order valence-electron chi connectivity index (χ1n) is 5.67. The predicted octanol–water partition coefficient (Wildman–Crippen LogP) is 2.98. The summed E-state index contributed by atoms with van der Waals surface area (Å²) in [5, 5.41) is 0. The Morgan fingerprint density at radius 1 is 1.27 bits per heavy atom. The van der Waals surface area contributed by atoms with Gasteiger partial charge in [0, 0.05) is 19.3 Å². The Kier molecular flexibility index (Phi) is 5.88. The Morgan fingerprint density at radius 3 is 2.07 bits per heavy atom. The third kappa shape index (κ3) is 4.65. The highest BCUT2D eigenvalue weighted by molar-refractivity contribution is 5.66. The molecule has 0 heterocycles. The monoisotopic (exact) mass is 216 g/mol. The summed E-state index contributed by atoms with van der Waals surface area (Å²) in [4.78, 5) is 11.1. The number of carbonyl (C=O) groups excluding carboxylic acids is 1. The van der Waals surface area contributed by atoms with Crippen LogP contribution < -0.4 is 0 Å². The van der Waals surface area contributed by atoms with E-state index in [1.165, 1.54) is 6.92 Å². The zero-order valence-corrected chi connectivity index (χ0v) is 10.8. The van der Waals surface area contributed by atoms with Crippen LogP contribution >= 0.6 is 0 Å². The van der Waals surface area contributed by atoms with Crippen molar-refractivity contribution in [2.75, 3.05) is 6.61 Å². The van der Waals surface area contributed by atoms with E-state index in [1.807, 2.05) is 20.8 Å². The van der Waals surface area contributed by atoms with E-state index in [4.69, 9.17) is 9.47 Å². The molecule has 0 rings (SSSR count). The van der Waals surface area contributed by atoms with Gasteiger partial charge in [0.1, 0.15) is 0 Å². The first-order valence-corrected chi connectivity index (χ1v) is 5.67. The zero-order chi connectivity index (χ0) is 12.1. The molecule has 0 bridgehead atoms. The Hall–Kier alpha value is -0.570. The molecule has 3 nitrogen and oxygen atoms in total. The highest BCUT2D eigenvalue weighted by Gasteiger charge is 2.36. The maximum Gasteiger partial charge on any atom is 0.305 e. The van der Waals surface area contributed by atoms with Crippen LogP contribution in [-0.4, -0.2) is 18.4 Å². The van der Waals surface area contributed by atoms with Crippen molar-refractivity contribution in [1.82, 2.24) is 0 Å². The lowest BCUT2D eigenvalue weighted by molar-refractivity contribution is -0.255. The Bertz CT molecular complexity index is 199. The number of rotatable bonds is 6. The predicted molar refractivity (Wildman–Crippen MR) is 60.4 cm³/mol. The van der Waals surface area contributed by atoms with E-state index >= 15 is 0 Å². The van der Waals surface area contributed by atoms with Crippen LogP contribution in [0.2, 0.25) is 0 Å². The van der Waals surface area contributed by atoms with Gasteiger partial charge in [-0.15, -0.1) is 0 Å². The molecule has 0 amide bonds. The molecule has 0 fully saturated rings. The van der Waals surface area contributed by atoms with Crippen LogP contribution in [0.1, 0.15) is 48.0 Å². The molecule has 1 atom stereocenters. The minimum atomic E-state index is -0.754. The maximum absolute atomic E-state index is 11.1. The highest BCUT2D eigenvalue weighted by atomic mass is 16.7. The van der Waals surface area contributed by atoms with E-state index < -0.39 is 5.79 Å². The van der Waals surface area contributed by atoms with Gasteiger partial charge in [-0.25, -0.2) is 0 Å². The van der Waals surface area contributed by atoms with E-state index in [0.29, 0.717) is 18.9 Å². The maximum atomic E-state index is 11.1. The van der Waals surface area contributed by atoms with Gasteiger partial charge in [0.25, 0.3) is 0 Å². The third-order valence-electron chi connectivity index (χ3n) is 2.35. The quantitative estimate of drug-likeness (QED) is 0.506. The van der Waals surface area contributed by atoms with Crippen molar-refractivity contribution in [1.29, 1.82) is 0 Å². The summed E-state index contributed by atoms with van der Waals surface area (Å²) in [6, 6.07) is 0. The molecule has 0 aromatic heterocycles. The summed E-state index contributed by atoms with van der Waals surface area (Å²) >= 11 is 0. The Labute approximate surface area is 93.1 Å². The van der Waals surface area contributed by atoms with Gasteiger partial charge < -0.3 is 9.47 Å². The van der Waals surface area contributed by atoms with Crippen LogP contribution in [0.15, 0.2) is 0 Å². The minimum absolute atomic E-state index is 0.158. The standard InChI is InChI=1S/C12H24O3/c1-7-12(10(4)5,15-11(6)13)14-8-9(2)3/h9-10H,7-8H2,1-6H3. The van der Waals surface area contributed by atoms with E-state index in [-0.39, 0.29) is 11.9 Å². The molecule has 0 aliphatic heterocycles. The summed E-state index contributed by atoms with van der Waals surface area (Å²) < 4.78 is 11.1. The molecule has 90 valence electrons. The van der Waals surface area contributed by atoms with Gasteiger partial charge in [-0.2, -0.15) is 0 Å². The fourth-order valence-corrected chi connectivity index (χ4v) is 1.45. The van der Waals surface area contributed by atoms with Crippen molar-refractivity contribution < 1.29 is 14.3 Å². The summed E-state index contributed by atoms with van der Waals surface area (Å²) in [7, 11) is 0. The second-order valence-electron chi connectivity index (χ2n) is 4.62. The average Bonchev–Trinajstić information content (AvgIpc) is 2.11. The third-order valence-corrected chi connectivity index (χ3v) is 2.35. The van der Waals surface area contributed by atoms with Crippen LogP contribution in [0.25, 0.3) is 0 Å². The number of hydrogen-bond donors (Lipinski definition) is 0. The number of carbonyl (C=O) groups is 1. The van der Waals surface area contributed by atoms with Crippen LogP contribution in [0, 0.1) is 11.8 Å². The second kappa shape index (κ2) is 6.11. The van der Waals surface area contributed by atoms with Crippen molar-refractivity contribution in [2.45, 2.75) is 53.8 Å². The summed E-state index contributed by atoms with van der Waals surface area (Å²) in [5.74, 6) is -0.444. The fourth-order valence-electron chi connectivity index (χ4n) is 1.45. The summed E-state index contributed by atoms with van der Waals surface area (Å²) in [5.41, 5.74) is 0. The molecule has 0 saturated heterocycles. The van der Waals surface area contributed by atoms with E-state index in [0.717, 1.165) is 0 Å². The van der Waals surface area contributed by atoms with Crippen LogP contribution in [0.5, 0.6) is 0 Å². The molecule has 0 radical (unpaired) electrons. The molecule has 0 N–H and O–H groups in total. The molecule has 3 heteroatoms. The van der Waals surface area contributed by atoms with Gasteiger partial charge in [0.15, 0.2) is 0 Å². The molecule has 0 saturated carbocycles. The first-order chi connectivity index (χ1) is 6.84. The lowest BCUT2D eigenvalue weighted by Gasteiger charge is -2.36. The van der Waals surface area contributed by atoms with Gasteiger partial charge in [0.2, 0.25) is 5.79 Å². The molecular weight excluding hydrogens is 192 g/mol.